The maximum atomic E-state index is 11.9. The second-order valence-corrected chi connectivity index (χ2v) is 5.87. The van der Waals surface area contributed by atoms with Gasteiger partial charge in [0, 0.05) is 11.9 Å². The Balaban J connectivity index is 1.82. The predicted octanol–water partition coefficient (Wildman–Crippen LogP) is 2.19. The summed E-state index contributed by atoms with van der Waals surface area (Å²) in [5, 5.41) is 13.9. The molecule has 0 saturated carbocycles. The summed E-state index contributed by atoms with van der Waals surface area (Å²) in [6.07, 6.45) is 1.06. The molecule has 0 aliphatic carbocycles. The molecule has 1 aromatic heterocycles. The molecule has 1 amide bonds. The average Bonchev–Trinajstić information content (AvgIpc) is 2.92. The Kier molecular flexibility index (Phi) is 5.66. The van der Waals surface area contributed by atoms with Crippen molar-refractivity contribution in [1.29, 1.82) is 0 Å². The van der Waals surface area contributed by atoms with Gasteiger partial charge in [-0.15, -0.1) is 11.3 Å². The molecule has 0 fully saturated rings. The van der Waals surface area contributed by atoms with Crippen LogP contribution < -0.4 is 5.32 Å². The molecule has 0 aliphatic rings. The highest BCUT2D eigenvalue weighted by Crippen LogP contribution is 2.11. The van der Waals surface area contributed by atoms with Gasteiger partial charge in [0.2, 0.25) is 5.91 Å². The second-order valence-electron chi connectivity index (χ2n) is 4.93. The summed E-state index contributed by atoms with van der Waals surface area (Å²) in [5.74, 6) is -1.03. The van der Waals surface area contributed by atoms with Crippen LogP contribution in [0, 0.1) is 0 Å². The van der Waals surface area contributed by atoms with Crippen molar-refractivity contribution in [3.8, 4) is 0 Å². The number of carboxylic acid groups (broad SMARTS) is 1. The predicted molar refractivity (Wildman–Crippen MR) is 84.8 cm³/mol. The lowest BCUT2D eigenvalue weighted by atomic mass is 10.1. The molecule has 1 aromatic carbocycles. The number of aromatic nitrogens is 1. The number of benzene rings is 1. The van der Waals surface area contributed by atoms with Gasteiger partial charge in [0.1, 0.15) is 5.01 Å². The van der Waals surface area contributed by atoms with Crippen molar-refractivity contribution in [2.24, 2.45) is 0 Å². The van der Waals surface area contributed by atoms with Crippen molar-refractivity contribution in [2.45, 2.75) is 32.7 Å². The van der Waals surface area contributed by atoms with E-state index in [2.05, 4.69) is 29.4 Å². The van der Waals surface area contributed by atoms with E-state index in [4.69, 9.17) is 5.11 Å². The number of thiazole rings is 1. The quantitative estimate of drug-likeness (QED) is 0.820. The molecule has 2 aromatic rings. The molecular weight excluding hydrogens is 300 g/mol. The minimum Gasteiger partial charge on any atom is -0.481 e. The summed E-state index contributed by atoms with van der Waals surface area (Å²) in [5.41, 5.74) is 2.82. The van der Waals surface area contributed by atoms with Gasteiger partial charge in [-0.25, -0.2) is 4.98 Å². The van der Waals surface area contributed by atoms with E-state index in [0.29, 0.717) is 17.2 Å². The van der Waals surface area contributed by atoms with Crippen LogP contribution in [0.25, 0.3) is 0 Å². The number of hydrogen-bond acceptors (Lipinski definition) is 4. The summed E-state index contributed by atoms with van der Waals surface area (Å²) in [7, 11) is 0. The third kappa shape index (κ3) is 4.96. The van der Waals surface area contributed by atoms with E-state index in [1.165, 1.54) is 16.9 Å². The Morgan fingerprint density at radius 1 is 1.18 bits per heavy atom. The maximum absolute atomic E-state index is 11.9. The summed E-state index contributed by atoms with van der Waals surface area (Å²) < 4.78 is 0. The summed E-state index contributed by atoms with van der Waals surface area (Å²) in [6, 6.07) is 8.13. The van der Waals surface area contributed by atoms with Crippen molar-refractivity contribution >= 4 is 23.2 Å². The molecule has 1 heterocycles. The van der Waals surface area contributed by atoms with Crippen LogP contribution in [0.2, 0.25) is 0 Å². The zero-order chi connectivity index (χ0) is 15.9. The minimum atomic E-state index is -0.920. The first-order valence-corrected chi connectivity index (χ1v) is 7.94. The van der Waals surface area contributed by atoms with Gasteiger partial charge < -0.3 is 10.4 Å². The molecule has 0 aliphatic heterocycles. The van der Waals surface area contributed by atoms with Crippen LogP contribution in [0.3, 0.4) is 0 Å². The van der Waals surface area contributed by atoms with Gasteiger partial charge in [0.25, 0.3) is 0 Å². The summed E-state index contributed by atoms with van der Waals surface area (Å²) in [4.78, 5) is 26.6. The average molecular weight is 318 g/mol. The Labute approximate surface area is 133 Å². The molecule has 0 radical (unpaired) electrons. The molecule has 0 bridgehead atoms. The zero-order valence-electron chi connectivity index (χ0n) is 12.3. The monoisotopic (exact) mass is 318 g/mol. The molecule has 22 heavy (non-hydrogen) atoms. The van der Waals surface area contributed by atoms with E-state index in [-0.39, 0.29) is 18.7 Å². The molecular formula is C16H18N2O3S. The number of nitrogens with zero attached hydrogens (tertiary/aromatic N) is 1. The maximum Gasteiger partial charge on any atom is 0.309 e. The van der Waals surface area contributed by atoms with Crippen LogP contribution in [0.5, 0.6) is 0 Å². The highest BCUT2D eigenvalue weighted by atomic mass is 32.1. The van der Waals surface area contributed by atoms with E-state index < -0.39 is 5.97 Å². The highest BCUT2D eigenvalue weighted by molar-refractivity contribution is 7.09. The molecule has 116 valence electrons. The van der Waals surface area contributed by atoms with Gasteiger partial charge in [-0.2, -0.15) is 0 Å². The van der Waals surface area contributed by atoms with Crippen LogP contribution in [0.4, 0.5) is 0 Å². The number of aryl methyl sites for hydroxylation is 1. The fourth-order valence-corrected chi connectivity index (χ4v) is 2.75. The van der Waals surface area contributed by atoms with Gasteiger partial charge in [-0.1, -0.05) is 31.2 Å². The Bertz CT molecular complexity index is 650. The number of carbonyl (C=O) groups excluding carboxylic acids is 1. The summed E-state index contributed by atoms with van der Waals surface area (Å²) in [6.45, 7) is 2.58. The molecule has 0 atom stereocenters. The molecule has 0 spiro atoms. The third-order valence-corrected chi connectivity index (χ3v) is 4.06. The van der Waals surface area contributed by atoms with Gasteiger partial charge >= 0.3 is 5.97 Å². The number of amides is 1. The van der Waals surface area contributed by atoms with Crippen LogP contribution in [-0.2, 0) is 35.4 Å². The smallest absolute Gasteiger partial charge is 0.309 e. The molecule has 2 rings (SSSR count). The van der Waals surface area contributed by atoms with E-state index in [1.54, 1.807) is 5.38 Å². The second kappa shape index (κ2) is 7.70. The van der Waals surface area contributed by atoms with Crippen molar-refractivity contribution in [1.82, 2.24) is 10.3 Å². The molecule has 6 heteroatoms. The normalized spacial score (nSPS) is 10.4. The minimum absolute atomic E-state index is 0.109. The summed E-state index contributed by atoms with van der Waals surface area (Å²) >= 11 is 1.31. The van der Waals surface area contributed by atoms with Crippen molar-refractivity contribution in [3.05, 3.63) is 51.5 Å². The highest BCUT2D eigenvalue weighted by Gasteiger charge is 2.09. The fraction of sp³-hybridized carbons (Fsp3) is 0.312. The van der Waals surface area contributed by atoms with E-state index in [0.717, 1.165) is 12.0 Å². The standard InChI is InChI=1S/C16H18N2O3S/c1-2-11-3-5-12(6-4-11)9-17-14(19)8-15-18-13(10-22-15)7-16(20)21/h3-6,10H,2,7-9H2,1H3,(H,17,19)(H,20,21). The topological polar surface area (TPSA) is 79.3 Å². The first-order valence-electron chi connectivity index (χ1n) is 7.06. The van der Waals surface area contributed by atoms with Gasteiger partial charge in [-0.05, 0) is 17.5 Å². The Morgan fingerprint density at radius 3 is 2.50 bits per heavy atom. The van der Waals surface area contributed by atoms with Crippen LogP contribution in [0.15, 0.2) is 29.6 Å². The Hall–Kier alpha value is -2.21. The molecule has 0 unspecified atom stereocenters. The Morgan fingerprint density at radius 2 is 1.86 bits per heavy atom. The fourth-order valence-electron chi connectivity index (χ4n) is 1.96. The number of nitrogens with one attached hydrogen (secondary N) is 1. The van der Waals surface area contributed by atoms with Crippen molar-refractivity contribution < 1.29 is 14.7 Å². The number of rotatable bonds is 7. The first kappa shape index (κ1) is 16.2. The van der Waals surface area contributed by atoms with E-state index in [9.17, 15) is 9.59 Å². The van der Waals surface area contributed by atoms with Crippen LogP contribution in [-0.4, -0.2) is 22.0 Å². The third-order valence-electron chi connectivity index (χ3n) is 3.16. The zero-order valence-corrected chi connectivity index (χ0v) is 13.2. The van der Waals surface area contributed by atoms with Crippen LogP contribution in [0.1, 0.15) is 28.8 Å². The molecule has 2 N–H and O–H groups in total. The van der Waals surface area contributed by atoms with Crippen LogP contribution >= 0.6 is 11.3 Å². The van der Waals surface area contributed by atoms with Crippen molar-refractivity contribution in [2.75, 3.05) is 0 Å². The van der Waals surface area contributed by atoms with Crippen molar-refractivity contribution in [3.63, 3.8) is 0 Å². The van der Waals surface area contributed by atoms with Gasteiger partial charge in [0.05, 0.1) is 18.5 Å². The van der Waals surface area contributed by atoms with E-state index >= 15 is 0 Å². The van der Waals surface area contributed by atoms with Gasteiger partial charge in [-0.3, -0.25) is 9.59 Å². The number of carboxylic acids is 1. The van der Waals surface area contributed by atoms with E-state index in [1.807, 2.05) is 12.1 Å². The van der Waals surface area contributed by atoms with Gasteiger partial charge in [0.15, 0.2) is 0 Å². The lowest BCUT2D eigenvalue weighted by Crippen LogP contribution is -2.24. The molecule has 0 saturated heterocycles. The largest absolute Gasteiger partial charge is 0.481 e. The number of hydrogen-bond donors (Lipinski definition) is 2. The molecule has 5 nitrogen and oxygen atoms in total. The lowest BCUT2D eigenvalue weighted by Gasteiger charge is -2.05. The first-order chi connectivity index (χ1) is 10.6. The SMILES string of the molecule is CCc1ccc(CNC(=O)Cc2nc(CC(=O)O)cs2)cc1. The lowest BCUT2D eigenvalue weighted by molar-refractivity contribution is -0.136. The number of aliphatic carboxylic acids is 1. The number of carbonyl (C=O) groups is 2.